The fourth-order valence-electron chi connectivity index (χ4n) is 8.71. The van der Waals surface area contributed by atoms with Crippen LogP contribution in [0.1, 0.15) is 0 Å². The van der Waals surface area contributed by atoms with E-state index in [-0.39, 0.29) is 0 Å². The van der Waals surface area contributed by atoms with Gasteiger partial charge in [-0.1, -0.05) is 152 Å². The van der Waals surface area contributed by atoms with E-state index in [0.717, 1.165) is 38.1 Å². The Bertz CT molecular complexity index is 2690. The number of hydrogen-bond donors (Lipinski definition) is 0. The average molecular weight is 715 g/mol. The summed E-state index contributed by atoms with van der Waals surface area (Å²) in [6.45, 7) is 0. The van der Waals surface area contributed by atoms with Gasteiger partial charge in [-0.15, -0.1) is 0 Å². The number of para-hydroxylation sites is 3. The van der Waals surface area contributed by atoms with Crippen LogP contribution in [0.5, 0.6) is 0 Å². The maximum Gasteiger partial charge on any atom is 0.234 e. The van der Waals surface area contributed by atoms with Gasteiger partial charge in [0, 0.05) is 38.4 Å². The normalized spacial score (nSPS) is 13.5. The molecule has 0 bridgehead atoms. The van der Waals surface area contributed by atoms with E-state index < -0.39 is 15.4 Å². The van der Waals surface area contributed by atoms with Crippen molar-refractivity contribution < 1.29 is 4.57 Å². The van der Waals surface area contributed by atoms with Crippen LogP contribution in [0, 0.1) is 0 Å². The summed E-state index contributed by atoms with van der Waals surface area (Å²) in [6.07, 6.45) is 0. The molecular weight excluding hydrogens is 680 g/mol. The van der Waals surface area contributed by atoms with Crippen molar-refractivity contribution in [3.8, 4) is 0 Å². The predicted octanol–water partition coefficient (Wildman–Crippen LogP) is 8.73. The summed E-state index contributed by atoms with van der Waals surface area (Å²) in [5, 5.41) is 9.20. The number of anilines is 3. The summed E-state index contributed by atoms with van der Waals surface area (Å²) in [4.78, 5) is 2.45. The monoisotopic (exact) mass is 714 g/mol. The third-order valence-electron chi connectivity index (χ3n) is 10.9. The first-order valence-corrected chi connectivity index (χ1v) is 21.7. The van der Waals surface area contributed by atoms with Gasteiger partial charge in [-0.3, -0.25) is 8.90 Å². The van der Waals surface area contributed by atoms with E-state index in [2.05, 4.69) is 155 Å². The van der Waals surface area contributed by atoms with Crippen molar-refractivity contribution in [2.45, 2.75) is 0 Å². The predicted molar refractivity (Wildman–Crippen MR) is 226 cm³/mol. The molecule has 1 aromatic heterocycles. The van der Waals surface area contributed by atoms with Crippen LogP contribution in [0.3, 0.4) is 0 Å². The number of benzene rings is 8. The molecule has 0 spiro atoms. The van der Waals surface area contributed by atoms with E-state index in [0.29, 0.717) is 0 Å². The van der Waals surface area contributed by atoms with Gasteiger partial charge in [0.1, 0.15) is 0 Å². The molecule has 9 aromatic rings. The minimum Gasteiger partial charge on any atom is -0.311 e. The van der Waals surface area contributed by atoms with Gasteiger partial charge in [-0.25, -0.2) is 0 Å². The van der Waals surface area contributed by atoms with Crippen molar-refractivity contribution in [1.29, 1.82) is 0 Å². The quantitative estimate of drug-likeness (QED) is 0.127. The maximum atomic E-state index is 15.9. The molecule has 10 rings (SSSR count). The molecule has 0 saturated carbocycles. The van der Waals surface area contributed by atoms with Crippen molar-refractivity contribution in [2.75, 3.05) is 4.90 Å². The molecule has 0 saturated heterocycles. The Morgan fingerprint density at radius 2 is 0.830 bits per heavy atom. The Kier molecular flexibility index (Phi) is 7.43. The first-order chi connectivity index (χ1) is 26.2. The Hall–Kier alpha value is -6.19. The summed E-state index contributed by atoms with van der Waals surface area (Å²) in [5.74, 6) is 0. The second-order valence-corrected chi connectivity index (χ2v) is 19.9. The number of rotatable bonds is 6. The van der Waals surface area contributed by atoms with Gasteiger partial charge in [0.25, 0.3) is 0 Å². The Balaban J connectivity index is 1.26. The highest BCUT2D eigenvalue weighted by molar-refractivity contribution is 7.77. The molecule has 0 aliphatic carbocycles. The van der Waals surface area contributed by atoms with E-state index in [1.54, 1.807) is 0 Å². The highest BCUT2D eigenvalue weighted by Crippen LogP contribution is 2.52. The Morgan fingerprint density at radius 3 is 1.38 bits per heavy atom. The fraction of sp³-hybridized carbons (Fsp3) is 0. The van der Waals surface area contributed by atoms with Gasteiger partial charge in [0.2, 0.25) is 7.29 Å². The van der Waals surface area contributed by atoms with Crippen LogP contribution in [0.4, 0.5) is 17.1 Å². The van der Waals surface area contributed by atoms with Crippen LogP contribution in [-0.2, 0) is 4.57 Å². The highest BCUT2D eigenvalue weighted by Gasteiger charge is 2.48. The lowest BCUT2D eigenvalue weighted by Crippen LogP contribution is -2.77. The first-order valence-electron chi connectivity index (χ1n) is 18.1. The van der Waals surface area contributed by atoms with Crippen molar-refractivity contribution in [1.82, 2.24) is 4.34 Å². The highest BCUT2D eigenvalue weighted by atomic mass is 31.2. The molecular formula is C48H35N2OPSi. The average Bonchev–Trinajstić information content (AvgIpc) is 3.58. The zero-order valence-electron chi connectivity index (χ0n) is 29.0. The smallest absolute Gasteiger partial charge is 0.234 e. The number of nitrogens with zero attached hydrogens (tertiary/aromatic N) is 2. The van der Waals surface area contributed by atoms with Crippen LogP contribution in [0.15, 0.2) is 212 Å². The number of hydrogen-bond acceptors (Lipinski definition) is 2. The Morgan fingerprint density at radius 1 is 0.396 bits per heavy atom. The fourth-order valence-corrected chi connectivity index (χ4v) is 16.7. The molecule has 2 heterocycles. The van der Waals surface area contributed by atoms with Crippen LogP contribution < -0.4 is 36.3 Å². The van der Waals surface area contributed by atoms with E-state index in [9.17, 15) is 0 Å². The first kappa shape index (κ1) is 31.5. The molecule has 0 radical (unpaired) electrons. The van der Waals surface area contributed by atoms with E-state index in [4.69, 9.17) is 0 Å². The third kappa shape index (κ3) is 4.63. The van der Waals surface area contributed by atoms with E-state index in [1.165, 1.54) is 32.1 Å². The van der Waals surface area contributed by atoms with Crippen molar-refractivity contribution in [3.63, 3.8) is 0 Å². The van der Waals surface area contributed by atoms with Gasteiger partial charge in [0.15, 0.2) is 8.07 Å². The third-order valence-corrected chi connectivity index (χ3v) is 18.7. The molecule has 1 aliphatic heterocycles. The van der Waals surface area contributed by atoms with E-state index >= 15 is 4.57 Å². The summed E-state index contributed by atoms with van der Waals surface area (Å²) >= 11 is 0. The van der Waals surface area contributed by atoms with Crippen LogP contribution in [0.2, 0.25) is 0 Å². The summed E-state index contributed by atoms with van der Waals surface area (Å²) in [7, 11) is -6.08. The van der Waals surface area contributed by atoms with Gasteiger partial charge >= 0.3 is 0 Å². The minimum absolute atomic E-state index is 0.805. The molecule has 0 amide bonds. The van der Waals surface area contributed by atoms with Gasteiger partial charge in [0.05, 0.1) is 11.0 Å². The standard InChI is InChI=1S/C48H35N2OPSi/c51-52(37-19-5-1-6-20-37,38-21-7-2-8-22-38)50-43-28-14-13-27-41(43)42-35-36(33-34-44(42)50)49-45-29-15-17-31-47(45)53(39-23-9-3-10-24-39,40-25-11-4-12-26-40)48-32-18-16-30-46(48)49/h1-35H. The molecule has 1 aliphatic rings. The zero-order valence-corrected chi connectivity index (χ0v) is 30.9. The molecule has 3 nitrogen and oxygen atoms in total. The van der Waals surface area contributed by atoms with Gasteiger partial charge in [-0.05, 0) is 81.4 Å². The SMILES string of the molecule is O=P(c1ccccc1)(c1ccccc1)n1c2ccccc2c2cc(N3c4ccccc4[Si](c4ccccc4)(c4ccccc4)c4ccccc43)ccc21. The van der Waals surface area contributed by atoms with Crippen molar-refractivity contribution in [2.24, 2.45) is 0 Å². The molecule has 0 fully saturated rings. The van der Waals surface area contributed by atoms with Crippen LogP contribution in [-0.4, -0.2) is 12.4 Å². The molecule has 0 unspecified atom stereocenters. The number of aromatic nitrogens is 1. The molecule has 53 heavy (non-hydrogen) atoms. The van der Waals surface area contributed by atoms with E-state index in [1.807, 2.05) is 66.7 Å². The van der Waals surface area contributed by atoms with Crippen LogP contribution >= 0.6 is 7.29 Å². The minimum atomic E-state index is -3.35. The maximum absolute atomic E-state index is 15.9. The van der Waals surface area contributed by atoms with Crippen molar-refractivity contribution in [3.05, 3.63) is 212 Å². The lowest BCUT2D eigenvalue weighted by molar-refractivity contribution is 0.583. The largest absolute Gasteiger partial charge is 0.311 e. The molecule has 8 aromatic carbocycles. The second kappa shape index (κ2) is 12.5. The van der Waals surface area contributed by atoms with Gasteiger partial charge < -0.3 is 4.90 Å². The topological polar surface area (TPSA) is 25.2 Å². The van der Waals surface area contributed by atoms with Crippen LogP contribution in [0.25, 0.3) is 21.8 Å². The second-order valence-electron chi connectivity index (χ2n) is 13.6. The lowest BCUT2D eigenvalue weighted by Gasteiger charge is -2.45. The van der Waals surface area contributed by atoms with Crippen molar-refractivity contribution >= 4 is 85.6 Å². The Labute approximate surface area is 310 Å². The zero-order chi connectivity index (χ0) is 35.4. The number of fused-ring (bicyclic) bond motifs is 5. The molecule has 0 atom stereocenters. The molecule has 5 heteroatoms. The summed E-state index contributed by atoms with van der Waals surface area (Å²) in [5.41, 5.74) is 5.34. The van der Waals surface area contributed by atoms with Gasteiger partial charge in [-0.2, -0.15) is 0 Å². The molecule has 0 N–H and O–H groups in total. The summed E-state index contributed by atoms with van der Waals surface area (Å²) < 4.78 is 18.0. The lowest BCUT2D eigenvalue weighted by atomic mass is 10.1. The summed E-state index contributed by atoms with van der Waals surface area (Å²) in [6, 6.07) is 75.2. The molecule has 252 valence electrons.